The van der Waals surface area contributed by atoms with Crippen LogP contribution in [-0.4, -0.2) is 43.8 Å². The Morgan fingerprint density at radius 2 is 1.67 bits per heavy atom. The highest BCUT2D eigenvalue weighted by Gasteiger charge is 2.30. The number of nitrogens with one attached hydrogen (secondary N) is 1. The van der Waals surface area contributed by atoms with Crippen LogP contribution < -0.4 is 5.32 Å². The van der Waals surface area contributed by atoms with E-state index in [1.165, 1.54) is 11.9 Å². The Kier molecular flexibility index (Phi) is 6.20. The minimum absolute atomic E-state index is 0.106. The van der Waals surface area contributed by atoms with Crippen LogP contribution in [0.1, 0.15) is 20.8 Å². The summed E-state index contributed by atoms with van der Waals surface area (Å²) in [7, 11) is 1.50. The van der Waals surface area contributed by atoms with E-state index in [2.05, 4.69) is 19.2 Å². The van der Waals surface area contributed by atoms with Crippen LogP contribution in [0, 0.1) is 5.92 Å². The molecule has 0 aliphatic rings. The summed E-state index contributed by atoms with van der Waals surface area (Å²) < 4.78 is 36.2. The van der Waals surface area contributed by atoms with Gasteiger partial charge in [0.15, 0.2) is 0 Å². The first-order chi connectivity index (χ1) is 6.72. The van der Waals surface area contributed by atoms with Crippen LogP contribution in [0.2, 0.25) is 0 Å². The average molecular weight is 226 g/mol. The summed E-state index contributed by atoms with van der Waals surface area (Å²) in [6.07, 6.45) is -4.11. The monoisotopic (exact) mass is 226 g/mol. The Hall–Kier alpha value is -0.290. The first-order valence-electron chi connectivity index (χ1n) is 5.20. The van der Waals surface area contributed by atoms with Crippen molar-refractivity contribution in [3.63, 3.8) is 0 Å². The van der Waals surface area contributed by atoms with Gasteiger partial charge < -0.3 is 5.32 Å². The molecule has 0 amide bonds. The maximum absolute atomic E-state index is 12.1. The zero-order valence-electron chi connectivity index (χ0n) is 9.86. The van der Waals surface area contributed by atoms with Gasteiger partial charge in [-0.25, -0.2) is 0 Å². The van der Waals surface area contributed by atoms with Crippen molar-refractivity contribution in [3.8, 4) is 0 Å². The van der Waals surface area contributed by atoms with Crippen molar-refractivity contribution in [2.75, 3.05) is 26.7 Å². The van der Waals surface area contributed by atoms with Gasteiger partial charge in [0.1, 0.15) is 0 Å². The number of alkyl halides is 3. The van der Waals surface area contributed by atoms with Crippen molar-refractivity contribution in [1.82, 2.24) is 10.2 Å². The summed E-state index contributed by atoms with van der Waals surface area (Å²) in [5.74, 6) is 0.519. The van der Waals surface area contributed by atoms with Gasteiger partial charge >= 0.3 is 6.18 Å². The molecular weight excluding hydrogens is 205 g/mol. The van der Waals surface area contributed by atoms with Crippen LogP contribution in [0.3, 0.4) is 0 Å². The molecular formula is C10H21F3N2. The lowest BCUT2D eigenvalue weighted by atomic mass is 10.2. The Labute approximate surface area is 89.8 Å². The van der Waals surface area contributed by atoms with Gasteiger partial charge in [-0.2, -0.15) is 13.2 Å². The molecule has 0 saturated heterocycles. The lowest BCUT2D eigenvalue weighted by Gasteiger charge is -2.26. The van der Waals surface area contributed by atoms with Gasteiger partial charge in [0.2, 0.25) is 0 Å². The van der Waals surface area contributed by atoms with E-state index in [4.69, 9.17) is 0 Å². The molecule has 1 N–H and O–H groups in total. The first-order valence-corrected chi connectivity index (χ1v) is 5.20. The zero-order valence-corrected chi connectivity index (χ0v) is 9.86. The fourth-order valence-corrected chi connectivity index (χ4v) is 1.18. The van der Waals surface area contributed by atoms with E-state index < -0.39 is 12.7 Å². The standard InChI is InChI=1S/C10H21F3N2/c1-8(2)5-14-6-9(3)15(4)7-10(11,12)13/h8-9,14H,5-7H2,1-4H3. The highest BCUT2D eigenvalue weighted by molar-refractivity contribution is 4.69. The molecule has 0 aromatic heterocycles. The fraction of sp³-hybridized carbons (Fsp3) is 1.00. The minimum atomic E-state index is -4.11. The fourth-order valence-electron chi connectivity index (χ4n) is 1.18. The summed E-state index contributed by atoms with van der Waals surface area (Å²) in [5, 5.41) is 3.14. The normalized spacial score (nSPS) is 15.0. The molecule has 0 aromatic rings. The van der Waals surface area contributed by atoms with Crippen molar-refractivity contribution in [3.05, 3.63) is 0 Å². The van der Waals surface area contributed by atoms with E-state index in [-0.39, 0.29) is 6.04 Å². The molecule has 5 heteroatoms. The summed E-state index contributed by atoms with van der Waals surface area (Å²) in [6.45, 7) is 6.50. The maximum Gasteiger partial charge on any atom is 0.401 e. The third kappa shape index (κ3) is 8.69. The van der Waals surface area contributed by atoms with E-state index >= 15 is 0 Å². The first kappa shape index (κ1) is 14.7. The van der Waals surface area contributed by atoms with Crippen molar-refractivity contribution < 1.29 is 13.2 Å². The van der Waals surface area contributed by atoms with Crippen molar-refractivity contribution in [1.29, 1.82) is 0 Å². The minimum Gasteiger partial charge on any atom is -0.315 e. The molecule has 0 spiro atoms. The molecule has 92 valence electrons. The van der Waals surface area contributed by atoms with E-state index in [9.17, 15) is 13.2 Å². The Morgan fingerprint density at radius 3 is 2.07 bits per heavy atom. The predicted octanol–water partition coefficient (Wildman–Crippen LogP) is 2.11. The van der Waals surface area contributed by atoms with E-state index in [0.29, 0.717) is 12.5 Å². The zero-order chi connectivity index (χ0) is 12.1. The molecule has 1 unspecified atom stereocenters. The molecule has 0 saturated carbocycles. The summed E-state index contributed by atoms with van der Waals surface area (Å²) in [4.78, 5) is 1.31. The second-order valence-electron chi connectivity index (χ2n) is 4.43. The number of hydrogen-bond donors (Lipinski definition) is 1. The quantitative estimate of drug-likeness (QED) is 0.746. The van der Waals surface area contributed by atoms with Gasteiger partial charge in [0.05, 0.1) is 6.54 Å². The highest BCUT2D eigenvalue weighted by atomic mass is 19.4. The summed E-state index contributed by atoms with van der Waals surface area (Å²) in [5.41, 5.74) is 0. The van der Waals surface area contributed by atoms with Gasteiger partial charge in [0, 0.05) is 12.6 Å². The van der Waals surface area contributed by atoms with Gasteiger partial charge in [-0.1, -0.05) is 13.8 Å². The van der Waals surface area contributed by atoms with Crippen LogP contribution in [0.15, 0.2) is 0 Å². The van der Waals surface area contributed by atoms with Crippen LogP contribution in [0.25, 0.3) is 0 Å². The SMILES string of the molecule is CC(C)CNCC(C)N(C)CC(F)(F)F. The van der Waals surface area contributed by atoms with Gasteiger partial charge in [-0.05, 0) is 26.4 Å². The predicted molar refractivity (Wildman–Crippen MR) is 55.9 cm³/mol. The summed E-state index contributed by atoms with van der Waals surface area (Å²) >= 11 is 0. The van der Waals surface area contributed by atoms with E-state index in [1.54, 1.807) is 6.92 Å². The Morgan fingerprint density at radius 1 is 1.13 bits per heavy atom. The lowest BCUT2D eigenvalue weighted by Crippen LogP contribution is -2.43. The number of halogens is 3. The Bertz CT molecular complexity index is 169. The molecule has 0 rings (SSSR count). The third-order valence-corrected chi connectivity index (χ3v) is 2.17. The van der Waals surface area contributed by atoms with Gasteiger partial charge in [-0.3, -0.25) is 4.90 Å². The molecule has 15 heavy (non-hydrogen) atoms. The van der Waals surface area contributed by atoms with Gasteiger partial charge in [-0.15, -0.1) is 0 Å². The number of rotatable bonds is 6. The van der Waals surface area contributed by atoms with E-state index in [1.807, 2.05) is 0 Å². The Balaban J connectivity index is 3.74. The molecule has 0 radical (unpaired) electrons. The molecule has 1 atom stereocenters. The number of nitrogens with zero attached hydrogens (tertiary/aromatic N) is 1. The number of hydrogen-bond acceptors (Lipinski definition) is 2. The number of likely N-dealkylation sites (N-methyl/N-ethyl adjacent to an activating group) is 1. The third-order valence-electron chi connectivity index (χ3n) is 2.17. The lowest BCUT2D eigenvalue weighted by molar-refractivity contribution is -0.146. The van der Waals surface area contributed by atoms with Crippen LogP contribution in [0.4, 0.5) is 13.2 Å². The van der Waals surface area contributed by atoms with Crippen LogP contribution >= 0.6 is 0 Å². The molecule has 0 aliphatic carbocycles. The van der Waals surface area contributed by atoms with Crippen LogP contribution in [0.5, 0.6) is 0 Å². The smallest absolute Gasteiger partial charge is 0.315 e. The molecule has 0 heterocycles. The molecule has 2 nitrogen and oxygen atoms in total. The van der Waals surface area contributed by atoms with Crippen LogP contribution in [-0.2, 0) is 0 Å². The molecule has 0 aliphatic heterocycles. The van der Waals surface area contributed by atoms with E-state index in [0.717, 1.165) is 6.54 Å². The largest absolute Gasteiger partial charge is 0.401 e. The van der Waals surface area contributed by atoms with Crippen molar-refractivity contribution in [2.45, 2.75) is 33.0 Å². The maximum atomic E-state index is 12.1. The van der Waals surface area contributed by atoms with Gasteiger partial charge in [0.25, 0.3) is 0 Å². The second-order valence-corrected chi connectivity index (χ2v) is 4.43. The molecule has 0 bridgehead atoms. The highest BCUT2D eigenvalue weighted by Crippen LogP contribution is 2.16. The summed E-state index contributed by atoms with van der Waals surface area (Å²) in [6, 6.07) is -0.106. The topological polar surface area (TPSA) is 15.3 Å². The van der Waals surface area contributed by atoms with Crippen molar-refractivity contribution in [2.24, 2.45) is 5.92 Å². The second kappa shape index (κ2) is 6.33. The molecule has 0 aromatic carbocycles. The molecule has 0 fully saturated rings. The average Bonchev–Trinajstić information content (AvgIpc) is 1.99. The van der Waals surface area contributed by atoms with Crippen molar-refractivity contribution >= 4 is 0 Å².